The summed E-state index contributed by atoms with van der Waals surface area (Å²) in [4.78, 5) is 15.8. The Morgan fingerprint density at radius 1 is 1.62 bits per heavy atom. The van der Waals surface area contributed by atoms with E-state index in [-0.39, 0.29) is 18.6 Å². The SMILES string of the molecule is Cc1csc(C(C)NC(=O)CCCCO)n1. The zero-order chi connectivity index (χ0) is 12.0. The standard InChI is InChI=1S/C11H18N2O2S/c1-8-7-16-11(12-8)9(2)13-10(15)5-3-4-6-14/h7,9,14H,3-6H2,1-2H3,(H,13,15). The van der Waals surface area contributed by atoms with E-state index in [0.29, 0.717) is 12.8 Å². The summed E-state index contributed by atoms with van der Waals surface area (Å²) >= 11 is 1.56. The van der Waals surface area contributed by atoms with E-state index >= 15 is 0 Å². The second-order valence-electron chi connectivity index (χ2n) is 3.80. The molecule has 1 aromatic heterocycles. The number of nitrogens with one attached hydrogen (secondary N) is 1. The summed E-state index contributed by atoms with van der Waals surface area (Å²) in [7, 11) is 0. The monoisotopic (exact) mass is 242 g/mol. The van der Waals surface area contributed by atoms with Gasteiger partial charge in [-0.15, -0.1) is 11.3 Å². The maximum atomic E-state index is 11.5. The number of rotatable bonds is 6. The molecule has 0 aliphatic heterocycles. The lowest BCUT2D eigenvalue weighted by Crippen LogP contribution is -2.26. The Hall–Kier alpha value is -0.940. The first-order valence-corrected chi connectivity index (χ1v) is 6.33. The first-order valence-electron chi connectivity index (χ1n) is 5.45. The van der Waals surface area contributed by atoms with E-state index in [9.17, 15) is 4.79 Å². The van der Waals surface area contributed by atoms with Gasteiger partial charge in [-0.2, -0.15) is 0 Å². The lowest BCUT2D eigenvalue weighted by Gasteiger charge is -2.10. The summed E-state index contributed by atoms with van der Waals surface area (Å²) < 4.78 is 0. The molecule has 0 aliphatic carbocycles. The van der Waals surface area contributed by atoms with Crippen LogP contribution in [0.5, 0.6) is 0 Å². The average Bonchev–Trinajstić information content (AvgIpc) is 2.65. The molecule has 0 radical (unpaired) electrons. The quantitative estimate of drug-likeness (QED) is 0.748. The van der Waals surface area contributed by atoms with Crippen molar-refractivity contribution in [2.45, 2.75) is 39.2 Å². The summed E-state index contributed by atoms with van der Waals surface area (Å²) in [6.45, 7) is 4.02. The number of hydrogen-bond acceptors (Lipinski definition) is 4. The molecule has 1 amide bonds. The first kappa shape index (κ1) is 13.1. The van der Waals surface area contributed by atoms with E-state index in [2.05, 4.69) is 10.3 Å². The fourth-order valence-corrected chi connectivity index (χ4v) is 2.15. The summed E-state index contributed by atoms with van der Waals surface area (Å²) in [5.74, 6) is 0.0220. The van der Waals surface area contributed by atoms with Gasteiger partial charge in [0.2, 0.25) is 5.91 Å². The van der Waals surface area contributed by atoms with Crippen molar-refractivity contribution < 1.29 is 9.90 Å². The van der Waals surface area contributed by atoms with Crippen molar-refractivity contribution in [2.75, 3.05) is 6.61 Å². The van der Waals surface area contributed by atoms with Gasteiger partial charge in [-0.25, -0.2) is 4.98 Å². The third kappa shape index (κ3) is 4.28. The minimum absolute atomic E-state index is 0.0220. The van der Waals surface area contributed by atoms with Crippen molar-refractivity contribution in [3.05, 3.63) is 16.1 Å². The topological polar surface area (TPSA) is 62.2 Å². The molecule has 4 nitrogen and oxygen atoms in total. The number of carbonyl (C=O) groups is 1. The molecule has 90 valence electrons. The predicted molar refractivity (Wildman–Crippen MR) is 64.3 cm³/mol. The van der Waals surface area contributed by atoms with Gasteiger partial charge in [0.15, 0.2) is 0 Å². The van der Waals surface area contributed by atoms with E-state index in [1.54, 1.807) is 11.3 Å². The van der Waals surface area contributed by atoms with Crippen molar-refractivity contribution >= 4 is 17.2 Å². The normalized spacial score (nSPS) is 12.4. The summed E-state index contributed by atoms with van der Waals surface area (Å²) in [5.41, 5.74) is 0.987. The first-order chi connectivity index (χ1) is 7.63. The number of aliphatic hydroxyl groups is 1. The molecule has 16 heavy (non-hydrogen) atoms. The number of carbonyl (C=O) groups excluding carboxylic acids is 1. The molecule has 0 fully saturated rings. The van der Waals surface area contributed by atoms with Gasteiger partial charge in [-0.05, 0) is 26.7 Å². The maximum absolute atomic E-state index is 11.5. The molecule has 0 bridgehead atoms. The van der Waals surface area contributed by atoms with Crippen LogP contribution < -0.4 is 5.32 Å². The van der Waals surface area contributed by atoms with Crippen LogP contribution in [0.25, 0.3) is 0 Å². The van der Waals surface area contributed by atoms with Gasteiger partial charge in [0, 0.05) is 24.1 Å². The minimum Gasteiger partial charge on any atom is -0.396 e. The molecule has 1 atom stereocenters. The number of unbranched alkanes of at least 4 members (excludes halogenated alkanes) is 1. The van der Waals surface area contributed by atoms with E-state index < -0.39 is 0 Å². The van der Waals surface area contributed by atoms with Crippen molar-refractivity contribution in [3.8, 4) is 0 Å². The number of thiazole rings is 1. The third-order valence-electron chi connectivity index (χ3n) is 2.20. The molecule has 2 N–H and O–H groups in total. The van der Waals surface area contributed by atoms with Gasteiger partial charge in [0.05, 0.1) is 6.04 Å². The zero-order valence-corrected chi connectivity index (χ0v) is 10.5. The largest absolute Gasteiger partial charge is 0.396 e. The fourth-order valence-electron chi connectivity index (χ4n) is 1.34. The molecule has 1 aromatic rings. The van der Waals surface area contributed by atoms with Gasteiger partial charge in [0.25, 0.3) is 0 Å². The maximum Gasteiger partial charge on any atom is 0.220 e. The van der Waals surface area contributed by atoms with Crippen LogP contribution in [0, 0.1) is 6.92 Å². The molecule has 5 heteroatoms. The summed E-state index contributed by atoms with van der Waals surface area (Å²) in [6, 6.07) is -0.0275. The van der Waals surface area contributed by atoms with Crippen LogP contribution >= 0.6 is 11.3 Å². The second-order valence-corrected chi connectivity index (χ2v) is 4.69. The van der Waals surface area contributed by atoms with Crippen LogP contribution in [0.2, 0.25) is 0 Å². The number of aliphatic hydroxyl groups excluding tert-OH is 1. The molecule has 0 saturated carbocycles. The van der Waals surface area contributed by atoms with E-state index in [4.69, 9.17) is 5.11 Å². The number of hydrogen-bond donors (Lipinski definition) is 2. The lowest BCUT2D eigenvalue weighted by atomic mass is 10.2. The van der Waals surface area contributed by atoms with Crippen LogP contribution in [0.15, 0.2) is 5.38 Å². The number of amides is 1. The molecule has 0 saturated heterocycles. The highest BCUT2D eigenvalue weighted by atomic mass is 32.1. The van der Waals surface area contributed by atoms with Crippen LogP contribution in [0.3, 0.4) is 0 Å². The molecule has 0 aromatic carbocycles. The molecular weight excluding hydrogens is 224 g/mol. The van der Waals surface area contributed by atoms with E-state index in [1.165, 1.54) is 0 Å². The highest BCUT2D eigenvalue weighted by Gasteiger charge is 2.11. The predicted octanol–water partition coefficient (Wildman–Crippen LogP) is 1.79. The van der Waals surface area contributed by atoms with Crippen LogP contribution in [-0.4, -0.2) is 22.6 Å². The van der Waals surface area contributed by atoms with Crippen LogP contribution in [-0.2, 0) is 4.79 Å². The Labute approximate surface area is 99.7 Å². The van der Waals surface area contributed by atoms with Crippen LogP contribution in [0.1, 0.15) is 42.9 Å². The highest BCUT2D eigenvalue weighted by Crippen LogP contribution is 2.17. The Bertz CT molecular complexity index is 338. The van der Waals surface area contributed by atoms with Gasteiger partial charge < -0.3 is 10.4 Å². The number of aryl methyl sites for hydroxylation is 1. The molecular formula is C11H18N2O2S. The van der Waals surface area contributed by atoms with Crippen molar-refractivity contribution in [1.82, 2.24) is 10.3 Å². The van der Waals surface area contributed by atoms with Gasteiger partial charge in [0.1, 0.15) is 5.01 Å². The van der Waals surface area contributed by atoms with E-state index in [1.807, 2.05) is 19.2 Å². The lowest BCUT2D eigenvalue weighted by molar-refractivity contribution is -0.121. The van der Waals surface area contributed by atoms with Crippen molar-refractivity contribution in [2.24, 2.45) is 0 Å². The summed E-state index contributed by atoms with van der Waals surface area (Å²) in [5, 5.41) is 14.4. The van der Waals surface area contributed by atoms with Crippen molar-refractivity contribution in [3.63, 3.8) is 0 Å². The molecule has 1 unspecified atom stereocenters. The molecule has 0 aliphatic rings. The second kappa shape index (κ2) is 6.60. The Morgan fingerprint density at radius 3 is 2.94 bits per heavy atom. The third-order valence-corrected chi connectivity index (χ3v) is 3.34. The number of nitrogens with zero attached hydrogens (tertiary/aromatic N) is 1. The van der Waals surface area contributed by atoms with Gasteiger partial charge >= 0.3 is 0 Å². The Balaban J connectivity index is 2.33. The number of aromatic nitrogens is 1. The summed E-state index contributed by atoms with van der Waals surface area (Å²) in [6.07, 6.45) is 1.87. The minimum atomic E-state index is -0.0275. The smallest absolute Gasteiger partial charge is 0.220 e. The zero-order valence-electron chi connectivity index (χ0n) is 9.69. The molecule has 1 heterocycles. The van der Waals surface area contributed by atoms with Crippen LogP contribution in [0.4, 0.5) is 0 Å². The Morgan fingerprint density at radius 2 is 2.38 bits per heavy atom. The fraction of sp³-hybridized carbons (Fsp3) is 0.636. The Kier molecular flexibility index (Phi) is 5.42. The molecule has 0 spiro atoms. The van der Waals surface area contributed by atoms with Crippen molar-refractivity contribution in [1.29, 1.82) is 0 Å². The van der Waals surface area contributed by atoms with Gasteiger partial charge in [-0.3, -0.25) is 4.79 Å². The van der Waals surface area contributed by atoms with Gasteiger partial charge in [-0.1, -0.05) is 0 Å². The molecule has 1 rings (SSSR count). The average molecular weight is 242 g/mol. The van der Waals surface area contributed by atoms with E-state index in [0.717, 1.165) is 17.1 Å². The highest BCUT2D eigenvalue weighted by molar-refractivity contribution is 7.09.